The van der Waals surface area contributed by atoms with Crippen molar-refractivity contribution in [2.45, 2.75) is 13.8 Å². The Morgan fingerprint density at radius 1 is 1.67 bits per heavy atom. The Labute approximate surface area is 88.9 Å². The highest BCUT2D eigenvalue weighted by Crippen LogP contribution is 2.13. The maximum absolute atomic E-state index is 11.5. The van der Waals surface area contributed by atoms with E-state index in [9.17, 15) is 8.42 Å². The lowest BCUT2D eigenvalue weighted by Gasteiger charge is -2.28. The third-order valence-electron chi connectivity index (χ3n) is 1.80. The molecule has 1 aliphatic heterocycles. The molecule has 0 fully saturated rings. The van der Waals surface area contributed by atoms with Crippen molar-refractivity contribution in [1.82, 2.24) is 9.03 Å². The average molecular weight is 228 g/mol. The van der Waals surface area contributed by atoms with Gasteiger partial charge in [-0.3, -0.25) is 10.1 Å². The second kappa shape index (κ2) is 3.90. The van der Waals surface area contributed by atoms with Gasteiger partial charge in [-0.2, -0.15) is 13.7 Å². The predicted molar refractivity (Wildman–Crippen MR) is 55.0 cm³/mol. The van der Waals surface area contributed by atoms with Gasteiger partial charge in [0.2, 0.25) is 0 Å². The first-order valence-corrected chi connectivity index (χ1v) is 5.81. The van der Waals surface area contributed by atoms with Crippen LogP contribution in [0, 0.1) is 22.7 Å². The van der Waals surface area contributed by atoms with Gasteiger partial charge in [-0.25, -0.2) is 4.31 Å². The molecule has 0 aliphatic carbocycles. The molecule has 1 heterocycles. The Kier molecular flexibility index (Phi) is 3.00. The van der Waals surface area contributed by atoms with E-state index in [1.54, 1.807) is 6.07 Å². The molecule has 0 aromatic heterocycles. The van der Waals surface area contributed by atoms with Crippen molar-refractivity contribution in [2.75, 3.05) is 6.54 Å². The summed E-state index contributed by atoms with van der Waals surface area (Å²) in [5.74, 6) is -0.190. The first-order valence-electron chi connectivity index (χ1n) is 4.37. The lowest BCUT2D eigenvalue weighted by Crippen LogP contribution is -2.48. The van der Waals surface area contributed by atoms with Crippen LogP contribution in [0.15, 0.2) is 11.8 Å². The van der Waals surface area contributed by atoms with Crippen molar-refractivity contribution in [3.05, 3.63) is 11.8 Å². The van der Waals surface area contributed by atoms with Gasteiger partial charge in [0.15, 0.2) is 5.84 Å². The van der Waals surface area contributed by atoms with E-state index in [4.69, 9.17) is 10.7 Å². The molecule has 0 saturated heterocycles. The molecule has 0 aromatic carbocycles. The van der Waals surface area contributed by atoms with Gasteiger partial charge in [0.1, 0.15) is 11.6 Å². The zero-order valence-corrected chi connectivity index (χ0v) is 9.30. The molecule has 0 radical (unpaired) electrons. The molecule has 0 atom stereocenters. The van der Waals surface area contributed by atoms with Crippen molar-refractivity contribution >= 4 is 16.0 Å². The molecular weight excluding hydrogens is 216 g/mol. The predicted octanol–water partition coefficient (Wildman–Crippen LogP) is 0.177. The first-order chi connectivity index (χ1) is 6.88. The summed E-state index contributed by atoms with van der Waals surface area (Å²) >= 11 is 0. The molecule has 7 heteroatoms. The van der Waals surface area contributed by atoms with Gasteiger partial charge < -0.3 is 0 Å². The molecule has 0 saturated carbocycles. The monoisotopic (exact) mass is 228 g/mol. The largest absolute Gasteiger partial charge is 0.324 e. The summed E-state index contributed by atoms with van der Waals surface area (Å²) in [6.07, 6.45) is 1.04. The number of nitrogens with zero attached hydrogens (tertiary/aromatic N) is 2. The number of nitrogens with one attached hydrogen (secondary N) is 2. The molecule has 0 aromatic rings. The Morgan fingerprint density at radius 3 is 2.73 bits per heavy atom. The van der Waals surface area contributed by atoms with Gasteiger partial charge >= 0.3 is 10.2 Å². The summed E-state index contributed by atoms with van der Waals surface area (Å²) in [7, 11) is -3.68. The van der Waals surface area contributed by atoms with E-state index in [0.717, 1.165) is 10.5 Å². The smallest absolute Gasteiger partial charge is 0.283 e. The van der Waals surface area contributed by atoms with Crippen molar-refractivity contribution in [1.29, 1.82) is 10.7 Å². The maximum Gasteiger partial charge on any atom is 0.324 e. The van der Waals surface area contributed by atoms with E-state index < -0.39 is 10.2 Å². The molecule has 1 aliphatic rings. The molecule has 1 rings (SSSR count). The maximum atomic E-state index is 11.5. The zero-order chi connectivity index (χ0) is 11.6. The summed E-state index contributed by atoms with van der Waals surface area (Å²) in [6.45, 7) is 3.87. The topological polar surface area (TPSA) is 97.1 Å². The summed E-state index contributed by atoms with van der Waals surface area (Å²) in [5.41, 5.74) is 0.0190. The van der Waals surface area contributed by atoms with E-state index in [1.807, 2.05) is 13.8 Å². The second-order valence-corrected chi connectivity index (χ2v) is 5.19. The number of hydrogen-bond donors (Lipinski definition) is 2. The zero-order valence-electron chi connectivity index (χ0n) is 8.48. The first kappa shape index (κ1) is 11.5. The molecule has 82 valence electrons. The van der Waals surface area contributed by atoms with Gasteiger partial charge in [0.25, 0.3) is 0 Å². The third-order valence-corrected chi connectivity index (χ3v) is 3.13. The Hall–Kier alpha value is -1.55. The van der Waals surface area contributed by atoms with E-state index in [0.29, 0.717) is 0 Å². The van der Waals surface area contributed by atoms with Crippen LogP contribution in [-0.4, -0.2) is 25.1 Å². The number of amidine groups is 1. The minimum atomic E-state index is -3.68. The second-order valence-electron chi connectivity index (χ2n) is 3.57. The molecule has 6 nitrogen and oxygen atoms in total. The highest BCUT2D eigenvalue weighted by Gasteiger charge is 2.30. The molecule has 0 spiro atoms. The van der Waals surface area contributed by atoms with Gasteiger partial charge in [-0.15, -0.1) is 0 Å². The fourth-order valence-electron chi connectivity index (χ4n) is 1.13. The molecule has 0 bridgehead atoms. The average Bonchev–Trinajstić information content (AvgIpc) is 2.12. The normalized spacial score (nSPS) is 19.5. The molecule has 0 amide bonds. The van der Waals surface area contributed by atoms with Crippen molar-refractivity contribution in [3.63, 3.8) is 0 Å². The highest BCUT2D eigenvalue weighted by atomic mass is 32.2. The third kappa shape index (κ3) is 2.27. The van der Waals surface area contributed by atoms with Crippen LogP contribution in [0.5, 0.6) is 0 Å². The lowest BCUT2D eigenvalue weighted by molar-refractivity contribution is 0.460. The van der Waals surface area contributed by atoms with E-state index in [2.05, 4.69) is 4.72 Å². The Bertz CT molecular complexity index is 444. The number of hydrogen-bond acceptors (Lipinski definition) is 4. The standard InChI is InChI=1S/C8H12N4O2S/c1-6(2)5-12-8(10)7(3-9)4-11-15(12,13)14/h4,6,10-11H,5H2,1-2H3. The quantitative estimate of drug-likeness (QED) is 0.705. The lowest BCUT2D eigenvalue weighted by atomic mass is 10.2. The van der Waals surface area contributed by atoms with Crippen LogP contribution in [0.25, 0.3) is 0 Å². The van der Waals surface area contributed by atoms with E-state index in [-0.39, 0.29) is 23.9 Å². The van der Waals surface area contributed by atoms with Crippen molar-refractivity contribution in [2.24, 2.45) is 5.92 Å². The van der Waals surface area contributed by atoms with Crippen LogP contribution >= 0.6 is 0 Å². The fraction of sp³-hybridized carbons (Fsp3) is 0.500. The van der Waals surface area contributed by atoms with Crippen LogP contribution in [0.2, 0.25) is 0 Å². The van der Waals surface area contributed by atoms with Crippen LogP contribution in [0.1, 0.15) is 13.8 Å². The summed E-state index contributed by atoms with van der Waals surface area (Å²) in [4.78, 5) is 0. The van der Waals surface area contributed by atoms with Crippen LogP contribution in [0.3, 0.4) is 0 Å². The van der Waals surface area contributed by atoms with Crippen LogP contribution < -0.4 is 4.72 Å². The van der Waals surface area contributed by atoms with Gasteiger partial charge in [0, 0.05) is 12.7 Å². The number of rotatable bonds is 2. The summed E-state index contributed by atoms with van der Waals surface area (Å²) in [5, 5.41) is 16.2. The Morgan fingerprint density at radius 2 is 2.27 bits per heavy atom. The SMILES string of the molecule is CC(C)CN1C(=N)C(C#N)=CNS1(=O)=O. The molecule has 2 N–H and O–H groups in total. The minimum absolute atomic E-state index is 0.0190. The highest BCUT2D eigenvalue weighted by molar-refractivity contribution is 7.87. The van der Waals surface area contributed by atoms with Crippen LogP contribution in [-0.2, 0) is 10.2 Å². The van der Waals surface area contributed by atoms with Crippen molar-refractivity contribution in [3.8, 4) is 6.07 Å². The van der Waals surface area contributed by atoms with Gasteiger partial charge in [0.05, 0.1) is 0 Å². The minimum Gasteiger partial charge on any atom is -0.283 e. The fourth-order valence-corrected chi connectivity index (χ4v) is 2.35. The number of nitriles is 1. The Balaban J connectivity index is 3.08. The molecular formula is C8H12N4O2S. The van der Waals surface area contributed by atoms with E-state index in [1.165, 1.54) is 0 Å². The van der Waals surface area contributed by atoms with Gasteiger partial charge in [-0.1, -0.05) is 13.8 Å². The summed E-state index contributed by atoms with van der Waals surface area (Å²) in [6, 6.07) is 1.76. The van der Waals surface area contributed by atoms with Gasteiger partial charge in [-0.05, 0) is 5.92 Å². The molecule has 15 heavy (non-hydrogen) atoms. The molecule has 0 unspecified atom stereocenters. The van der Waals surface area contributed by atoms with Crippen molar-refractivity contribution < 1.29 is 8.42 Å². The summed E-state index contributed by atoms with van der Waals surface area (Å²) < 4.78 is 26.0. The van der Waals surface area contributed by atoms with E-state index >= 15 is 0 Å². The van der Waals surface area contributed by atoms with Crippen LogP contribution in [0.4, 0.5) is 0 Å².